The van der Waals surface area contributed by atoms with Gasteiger partial charge in [-0.15, -0.1) is 0 Å². The van der Waals surface area contributed by atoms with Crippen molar-refractivity contribution in [2.24, 2.45) is 11.8 Å². The average molecular weight is 357 g/mol. The largest absolute Gasteiger partial charge is 0.271 e. The Morgan fingerprint density at radius 2 is 2.05 bits per heavy atom. The van der Waals surface area contributed by atoms with Gasteiger partial charge in [0.05, 0.1) is 15.9 Å². The topological polar surface area (TPSA) is 55.9 Å². The molecule has 0 saturated heterocycles. The van der Waals surface area contributed by atoms with Gasteiger partial charge in [0, 0.05) is 19.0 Å². The average Bonchev–Trinajstić information content (AvgIpc) is 2.83. The maximum atomic E-state index is 5.82. The molecule has 0 aromatic carbocycles. The van der Waals surface area contributed by atoms with Crippen LogP contribution in [0.3, 0.4) is 0 Å². The minimum absolute atomic E-state index is 0.344. The highest BCUT2D eigenvalue weighted by molar-refractivity contribution is 9.10. The third-order valence-electron chi connectivity index (χ3n) is 4.71. The van der Waals surface area contributed by atoms with Gasteiger partial charge >= 0.3 is 0 Å². The van der Waals surface area contributed by atoms with Crippen LogP contribution in [0.5, 0.6) is 0 Å². The summed E-state index contributed by atoms with van der Waals surface area (Å²) in [4.78, 5) is 0. The van der Waals surface area contributed by atoms with Crippen molar-refractivity contribution < 1.29 is 0 Å². The van der Waals surface area contributed by atoms with Gasteiger partial charge in [-0.3, -0.25) is 16.0 Å². The first kappa shape index (κ1) is 17.0. The van der Waals surface area contributed by atoms with Crippen molar-refractivity contribution in [1.29, 1.82) is 0 Å². The van der Waals surface area contributed by atoms with Crippen LogP contribution in [0.15, 0.2) is 4.47 Å². The molecule has 1 fully saturated rings. The van der Waals surface area contributed by atoms with Gasteiger partial charge in [0.2, 0.25) is 0 Å². The van der Waals surface area contributed by atoms with Crippen LogP contribution in [0.1, 0.15) is 63.8 Å². The van der Waals surface area contributed by atoms with Gasteiger partial charge < -0.3 is 0 Å². The number of aromatic nitrogens is 2. The standard InChI is InChI=1S/C16H29BrN4/c1-3-14-16(17)15(21(4-2)20-14)11-13(19-18)10-12-8-6-5-7-9-12/h12-13,19H,3-11,18H2,1-2H3. The number of hydrogen-bond acceptors (Lipinski definition) is 3. The molecule has 4 nitrogen and oxygen atoms in total. The molecule has 1 aliphatic carbocycles. The highest BCUT2D eigenvalue weighted by Gasteiger charge is 2.22. The minimum atomic E-state index is 0.344. The molecule has 0 radical (unpaired) electrons. The number of rotatable bonds is 7. The molecule has 5 heteroatoms. The van der Waals surface area contributed by atoms with E-state index in [4.69, 9.17) is 5.84 Å². The highest BCUT2D eigenvalue weighted by atomic mass is 79.9. The fourth-order valence-corrected chi connectivity index (χ4v) is 4.21. The van der Waals surface area contributed by atoms with Crippen molar-refractivity contribution >= 4 is 15.9 Å². The summed E-state index contributed by atoms with van der Waals surface area (Å²) < 4.78 is 3.30. The quantitative estimate of drug-likeness (QED) is 0.579. The maximum absolute atomic E-state index is 5.82. The SMILES string of the molecule is CCc1nn(CC)c(CC(CC2CCCCC2)NN)c1Br. The van der Waals surface area contributed by atoms with Crippen LogP contribution in [0.4, 0.5) is 0 Å². The summed E-state index contributed by atoms with van der Waals surface area (Å²) in [6, 6.07) is 0.344. The third-order valence-corrected chi connectivity index (χ3v) is 5.63. The van der Waals surface area contributed by atoms with E-state index in [-0.39, 0.29) is 0 Å². The molecule has 2 rings (SSSR count). The van der Waals surface area contributed by atoms with Gasteiger partial charge in [-0.25, -0.2) is 0 Å². The molecule has 1 saturated carbocycles. The molecule has 21 heavy (non-hydrogen) atoms. The molecule has 1 atom stereocenters. The molecule has 1 aliphatic rings. The van der Waals surface area contributed by atoms with Crippen molar-refractivity contribution in [1.82, 2.24) is 15.2 Å². The van der Waals surface area contributed by atoms with Gasteiger partial charge in [0.1, 0.15) is 0 Å². The number of nitrogens with one attached hydrogen (secondary N) is 1. The fourth-order valence-electron chi connectivity index (χ4n) is 3.48. The summed E-state index contributed by atoms with van der Waals surface area (Å²) in [7, 11) is 0. The van der Waals surface area contributed by atoms with Crippen LogP contribution in [-0.2, 0) is 19.4 Å². The van der Waals surface area contributed by atoms with Crippen molar-refractivity contribution in [2.75, 3.05) is 0 Å². The molecular weight excluding hydrogens is 328 g/mol. The van der Waals surface area contributed by atoms with Crippen LogP contribution in [-0.4, -0.2) is 15.8 Å². The lowest BCUT2D eigenvalue weighted by atomic mass is 9.84. The van der Waals surface area contributed by atoms with Crippen molar-refractivity contribution in [3.63, 3.8) is 0 Å². The predicted octanol–water partition coefficient (Wildman–Crippen LogP) is 3.57. The van der Waals surface area contributed by atoms with Gasteiger partial charge in [0.15, 0.2) is 0 Å². The van der Waals surface area contributed by atoms with E-state index in [9.17, 15) is 0 Å². The Kier molecular flexibility index (Phi) is 6.71. The molecule has 3 N–H and O–H groups in total. The van der Waals surface area contributed by atoms with Crippen molar-refractivity contribution in [2.45, 2.75) is 77.8 Å². The highest BCUT2D eigenvalue weighted by Crippen LogP contribution is 2.29. The zero-order valence-corrected chi connectivity index (χ0v) is 15.0. The molecule has 1 aromatic rings. The van der Waals surface area contributed by atoms with Crippen LogP contribution >= 0.6 is 15.9 Å². The van der Waals surface area contributed by atoms with Gasteiger partial charge in [-0.1, -0.05) is 39.0 Å². The van der Waals surface area contributed by atoms with Crippen LogP contribution < -0.4 is 11.3 Å². The normalized spacial score (nSPS) is 18.1. The van der Waals surface area contributed by atoms with E-state index in [0.29, 0.717) is 6.04 Å². The zero-order chi connectivity index (χ0) is 15.2. The summed E-state index contributed by atoms with van der Waals surface area (Å²) in [6.45, 7) is 5.21. The van der Waals surface area contributed by atoms with Crippen molar-refractivity contribution in [3.05, 3.63) is 15.9 Å². The van der Waals surface area contributed by atoms with E-state index in [1.54, 1.807) is 0 Å². The van der Waals surface area contributed by atoms with E-state index < -0.39 is 0 Å². The summed E-state index contributed by atoms with van der Waals surface area (Å²) in [5.41, 5.74) is 5.48. The third kappa shape index (κ3) is 4.30. The number of nitrogens with two attached hydrogens (primary N) is 1. The summed E-state index contributed by atoms with van der Waals surface area (Å²) in [5, 5.41) is 4.68. The van der Waals surface area contributed by atoms with E-state index in [0.717, 1.165) is 31.0 Å². The number of halogens is 1. The molecule has 1 unspecified atom stereocenters. The van der Waals surface area contributed by atoms with E-state index >= 15 is 0 Å². The van der Waals surface area contributed by atoms with Gasteiger partial charge in [-0.05, 0) is 41.6 Å². The Hall–Kier alpha value is -0.390. The molecule has 0 amide bonds. The Bertz CT molecular complexity index is 438. The summed E-state index contributed by atoms with van der Waals surface area (Å²) >= 11 is 3.73. The predicted molar refractivity (Wildman–Crippen MR) is 91.0 cm³/mol. The first-order chi connectivity index (χ1) is 10.2. The Morgan fingerprint density at radius 3 is 2.62 bits per heavy atom. The number of aryl methyl sites for hydroxylation is 2. The van der Waals surface area contributed by atoms with E-state index in [1.165, 1.54) is 48.7 Å². The number of hydrazine groups is 1. The van der Waals surface area contributed by atoms with E-state index in [2.05, 4.69) is 45.0 Å². The lowest BCUT2D eigenvalue weighted by Gasteiger charge is -2.26. The lowest BCUT2D eigenvalue weighted by molar-refractivity contribution is 0.295. The van der Waals surface area contributed by atoms with Crippen molar-refractivity contribution in [3.8, 4) is 0 Å². The Labute approximate surface area is 137 Å². The smallest absolute Gasteiger partial charge is 0.0766 e. The van der Waals surface area contributed by atoms with E-state index in [1.807, 2.05) is 0 Å². The molecule has 0 spiro atoms. The Morgan fingerprint density at radius 1 is 1.33 bits per heavy atom. The van der Waals surface area contributed by atoms with Gasteiger partial charge in [0.25, 0.3) is 0 Å². The molecule has 120 valence electrons. The molecular formula is C16H29BrN4. The monoisotopic (exact) mass is 356 g/mol. The second-order valence-corrected chi connectivity index (χ2v) is 6.98. The first-order valence-electron chi connectivity index (χ1n) is 8.39. The van der Waals surface area contributed by atoms with Crippen LogP contribution in [0, 0.1) is 5.92 Å². The van der Waals surface area contributed by atoms with Gasteiger partial charge in [-0.2, -0.15) is 5.10 Å². The number of hydrogen-bond donors (Lipinski definition) is 2. The lowest BCUT2D eigenvalue weighted by Crippen LogP contribution is -2.39. The zero-order valence-electron chi connectivity index (χ0n) is 13.4. The van der Waals surface area contributed by atoms with Crippen LogP contribution in [0.25, 0.3) is 0 Å². The van der Waals surface area contributed by atoms with Crippen LogP contribution in [0.2, 0.25) is 0 Å². The minimum Gasteiger partial charge on any atom is -0.271 e. The fraction of sp³-hybridized carbons (Fsp3) is 0.812. The maximum Gasteiger partial charge on any atom is 0.0766 e. The second kappa shape index (κ2) is 8.30. The molecule has 1 aromatic heterocycles. The molecule has 0 aliphatic heterocycles. The second-order valence-electron chi connectivity index (χ2n) is 6.18. The summed E-state index contributed by atoms with van der Waals surface area (Å²) in [5.74, 6) is 6.66. The Balaban J connectivity index is 2.05. The number of nitrogens with zero attached hydrogens (tertiary/aromatic N) is 2. The molecule has 1 heterocycles. The first-order valence-corrected chi connectivity index (χ1v) is 9.19. The molecule has 0 bridgehead atoms. The summed E-state index contributed by atoms with van der Waals surface area (Å²) in [6.07, 6.45) is 10.0.